The summed E-state index contributed by atoms with van der Waals surface area (Å²) in [5.41, 5.74) is 5.42. The van der Waals surface area contributed by atoms with Crippen molar-refractivity contribution in [2.24, 2.45) is 5.92 Å². The van der Waals surface area contributed by atoms with E-state index in [1.54, 1.807) is 0 Å². The first-order chi connectivity index (χ1) is 7.24. The van der Waals surface area contributed by atoms with Crippen LogP contribution in [0.5, 0.6) is 0 Å². The van der Waals surface area contributed by atoms with Crippen LogP contribution in [0.4, 0.5) is 11.1 Å². The van der Waals surface area contributed by atoms with Gasteiger partial charge in [-0.2, -0.15) is 9.36 Å². The van der Waals surface area contributed by atoms with Gasteiger partial charge in [-0.05, 0) is 25.2 Å². The number of hydrogen-bond acceptors (Lipinski definition) is 6. The van der Waals surface area contributed by atoms with Crippen molar-refractivity contribution < 1.29 is 5.11 Å². The van der Waals surface area contributed by atoms with E-state index in [-0.39, 0.29) is 6.10 Å². The highest BCUT2D eigenvalue weighted by Gasteiger charge is 2.20. The van der Waals surface area contributed by atoms with Crippen molar-refractivity contribution >= 4 is 22.6 Å². The number of hydrogen-bond donors (Lipinski definition) is 3. The van der Waals surface area contributed by atoms with E-state index < -0.39 is 0 Å². The minimum Gasteiger partial charge on any atom is -0.393 e. The zero-order chi connectivity index (χ0) is 10.7. The maximum Gasteiger partial charge on any atom is 0.233 e. The van der Waals surface area contributed by atoms with Crippen molar-refractivity contribution in [1.29, 1.82) is 0 Å². The molecule has 4 N–H and O–H groups in total. The van der Waals surface area contributed by atoms with E-state index in [4.69, 9.17) is 5.73 Å². The minimum atomic E-state index is -0.120. The Bertz CT molecular complexity index is 317. The van der Waals surface area contributed by atoms with Gasteiger partial charge in [0.25, 0.3) is 0 Å². The van der Waals surface area contributed by atoms with E-state index in [9.17, 15) is 5.11 Å². The number of aromatic nitrogens is 2. The van der Waals surface area contributed by atoms with Crippen LogP contribution in [-0.4, -0.2) is 27.1 Å². The molecule has 1 heterocycles. The number of anilines is 2. The molecule has 0 spiro atoms. The van der Waals surface area contributed by atoms with Gasteiger partial charge in [-0.25, -0.2) is 0 Å². The molecule has 2 rings (SSSR count). The maximum atomic E-state index is 9.51. The van der Waals surface area contributed by atoms with Gasteiger partial charge in [0.1, 0.15) is 0 Å². The van der Waals surface area contributed by atoms with Crippen molar-refractivity contribution in [1.82, 2.24) is 9.36 Å². The molecule has 1 fully saturated rings. The first kappa shape index (κ1) is 10.6. The van der Waals surface area contributed by atoms with Crippen LogP contribution in [0.25, 0.3) is 0 Å². The molecule has 15 heavy (non-hydrogen) atoms. The zero-order valence-corrected chi connectivity index (χ0v) is 9.33. The number of aliphatic hydroxyl groups excluding tert-OH is 1. The average molecular weight is 228 g/mol. The Morgan fingerprint density at radius 2 is 2.40 bits per heavy atom. The van der Waals surface area contributed by atoms with E-state index in [1.165, 1.54) is 18.0 Å². The standard InChI is InChI=1S/C9H16N4OS/c10-8-12-9(15-13-8)11-5-6-2-1-3-7(14)4-6/h6-7,14H,1-5H2,(H3,10,11,12,13). The molecule has 5 nitrogen and oxygen atoms in total. The van der Waals surface area contributed by atoms with Gasteiger partial charge in [0.15, 0.2) is 0 Å². The smallest absolute Gasteiger partial charge is 0.233 e. The Morgan fingerprint density at radius 3 is 3.07 bits per heavy atom. The lowest BCUT2D eigenvalue weighted by molar-refractivity contribution is 0.105. The van der Waals surface area contributed by atoms with Crippen LogP contribution in [0, 0.1) is 5.92 Å². The highest BCUT2D eigenvalue weighted by Crippen LogP contribution is 2.24. The Hall–Kier alpha value is -0.880. The van der Waals surface area contributed by atoms with Crippen LogP contribution in [0.1, 0.15) is 25.7 Å². The summed E-state index contributed by atoms with van der Waals surface area (Å²) in [5.74, 6) is 0.866. The second-order valence-corrected chi connectivity index (χ2v) is 4.78. The van der Waals surface area contributed by atoms with Gasteiger partial charge >= 0.3 is 0 Å². The third-order valence-corrected chi connectivity index (χ3v) is 3.43. The number of rotatable bonds is 3. The molecule has 84 valence electrons. The normalized spacial score (nSPS) is 26.5. The zero-order valence-electron chi connectivity index (χ0n) is 8.52. The first-order valence-corrected chi connectivity index (χ1v) is 6.02. The summed E-state index contributed by atoms with van der Waals surface area (Å²) in [7, 11) is 0. The van der Waals surface area contributed by atoms with Gasteiger partial charge in [-0.15, -0.1) is 0 Å². The largest absolute Gasteiger partial charge is 0.393 e. The predicted molar refractivity (Wildman–Crippen MR) is 60.8 cm³/mol. The Labute approximate surface area is 92.9 Å². The van der Waals surface area contributed by atoms with Gasteiger partial charge in [-0.3, -0.25) is 0 Å². The van der Waals surface area contributed by atoms with E-state index in [2.05, 4.69) is 14.7 Å². The Kier molecular flexibility index (Phi) is 3.37. The maximum absolute atomic E-state index is 9.51. The number of nitrogens with one attached hydrogen (secondary N) is 1. The Balaban J connectivity index is 1.77. The molecule has 6 heteroatoms. The molecule has 0 bridgehead atoms. The lowest BCUT2D eigenvalue weighted by Crippen LogP contribution is -2.24. The molecule has 2 unspecified atom stereocenters. The summed E-state index contributed by atoms with van der Waals surface area (Å²) in [4.78, 5) is 4.03. The third-order valence-electron chi connectivity index (χ3n) is 2.74. The fourth-order valence-electron chi connectivity index (χ4n) is 1.99. The molecule has 0 saturated heterocycles. The van der Waals surface area contributed by atoms with Crippen LogP contribution in [-0.2, 0) is 0 Å². The van der Waals surface area contributed by atoms with Crippen LogP contribution < -0.4 is 11.1 Å². The van der Waals surface area contributed by atoms with Gasteiger partial charge in [-0.1, -0.05) is 6.42 Å². The topological polar surface area (TPSA) is 84.1 Å². The quantitative estimate of drug-likeness (QED) is 0.721. The predicted octanol–water partition coefficient (Wildman–Crippen LogP) is 1.08. The van der Waals surface area contributed by atoms with Gasteiger partial charge in [0.2, 0.25) is 11.1 Å². The van der Waals surface area contributed by atoms with Gasteiger partial charge in [0, 0.05) is 18.1 Å². The lowest BCUT2D eigenvalue weighted by Gasteiger charge is -2.25. The van der Waals surface area contributed by atoms with Crippen LogP contribution >= 0.6 is 11.5 Å². The van der Waals surface area contributed by atoms with Gasteiger partial charge in [0.05, 0.1) is 6.10 Å². The lowest BCUT2D eigenvalue weighted by atomic mass is 9.87. The molecular weight excluding hydrogens is 212 g/mol. The van der Waals surface area contributed by atoms with E-state index in [0.29, 0.717) is 11.9 Å². The number of nitrogens with two attached hydrogens (primary N) is 1. The second-order valence-electron chi connectivity index (χ2n) is 4.03. The summed E-state index contributed by atoms with van der Waals surface area (Å²) >= 11 is 1.28. The molecule has 0 aliphatic heterocycles. The van der Waals surface area contributed by atoms with Crippen molar-refractivity contribution in [2.45, 2.75) is 31.8 Å². The van der Waals surface area contributed by atoms with E-state index >= 15 is 0 Å². The number of nitrogens with zero attached hydrogens (tertiary/aromatic N) is 2. The Morgan fingerprint density at radius 1 is 1.53 bits per heavy atom. The summed E-state index contributed by atoms with van der Waals surface area (Å²) in [6.07, 6.45) is 4.01. The highest BCUT2D eigenvalue weighted by molar-refractivity contribution is 7.09. The number of aliphatic hydroxyl groups is 1. The van der Waals surface area contributed by atoms with Crippen LogP contribution in [0.3, 0.4) is 0 Å². The van der Waals surface area contributed by atoms with Crippen molar-refractivity contribution in [3.8, 4) is 0 Å². The molecule has 0 aromatic carbocycles. The monoisotopic (exact) mass is 228 g/mol. The fourth-order valence-corrected chi connectivity index (χ4v) is 2.49. The SMILES string of the molecule is Nc1nsc(NCC2CCCC(O)C2)n1. The summed E-state index contributed by atoms with van der Waals surface area (Å²) in [6.45, 7) is 0.853. The molecule has 1 aromatic heterocycles. The van der Waals surface area contributed by atoms with Crippen molar-refractivity contribution in [3.05, 3.63) is 0 Å². The van der Waals surface area contributed by atoms with Crippen molar-refractivity contribution in [2.75, 3.05) is 17.6 Å². The molecule has 1 saturated carbocycles. The molecule has 1 aliphatic carbocycles. The third kappa shape index (κ3) is 3.04. The van der Waals surface area contributed by atoms with Crippen molar-refractivity contribution in [3.63, 3.8) is 0 Å². The highest BCUT2D eigenvalue weighted by atomic mass is 32.1. The molecular formula is C9H16N4OS. The minimum absolute atomic E-state index is 0.120. The van der Waals surface area contributed by atoms with E-state index in [0.717, 1.165) is 30.9 Å². The van der Waals surface area contributed by atoms with E-state index in [1.807, 2.05) is 0 Å². The number of nitrogen functional groups attached to an aromatic ring is 1. The first-order valence-electron chi connectivity index (χ1n) is 5.25. The molecule has 2 atom stereocenters. The molecule has 1 aromatic rings. The molecule has 0 amide bonds. The summed E-state index contributed by atoms with van der Waals surface area (Å²) in [6, 6.07) is 0. The fraction of sp³-hybridized carbons (Fsp3) is 0.778. The second kappa shape index (κ2) is 4.76. The summed E-state index contributed by atoms with van der Waals surface area (Å²) in [5, 5.41) is 13.5. The molecule has 1 aliphatic rings. The summed E-state index contributed by atoms with van der Waals surface area (Å²) < 4.78 is 3.89. The van der Waals surface area contributed by atoms with Crippen LogP contribution in [0.15, 0.2) is 0 Å². The average Bonchev–Trinajstić information content (AvgIpc) is 2.62. The molecule has 0 radical (unpaired) electrons. The van der Waals surface area contributed by atoms with Crippen LogP contribution in [0.2, 0.25) is 0 Å². The van der Waals surface area contributed by atoms with Gasteiger partial charge < -0.3 is 16.2 Å².